The SMILES string of the molecule is Cn1c(=O)n(C2CCC(=O)NC2=O)c2ccc(CCC3CCC(C(=O)N4CC[C@H]5CC[C@@H](C(=O)N[C@@H](CCC(N)=O)C(=O)NCc6ccc(S(C)(=O)=O)cc6)N5C(=O)[C@@H](NC(=O)c5cc6cc(C(=O)P(C)(C)=O)ccc6[nH]5)C4)CC3)cc21. The minimum Gasteiger partial charge on any atom is -0.370 e. The highest BCUT2D eigenvalue weighted by Gasteiger charge is 2.47. The van der Waals surface area contributed by atoms with Crippen LogP contribution in [0.3, 0.4) is 0 Å². The lowest BCUT2D eigenvalue weighted by atomic mass is 9.79. The van der Waals surface area contributed by atoms with Gasteiger partial charge in [-0.15, -0.1) is 0 Å². The molecule has 9 rings (SSSR count). The summed E-state index contributed by atoms with van der Waals surface area (Å²) in [5.74, 6) is -4.43. The second-order valence-corrected chi connectivity index (χ2v) is 27.8. The molecule has 7 N–H and O–H groups in total. The van der Waals surface area contributed by atoms with Crippen LogP contribution in [0.1, 0.15) is 115 Å². The lowest BCUT2D eigenvalue weighted by Crippen LogP contribution is -2.62. The van der Waals surface area contributed by atoms with E-state index >= 15 is 4.79 Å². The van der Waals surface area contributed by atoms with Crippen molar-refractivity contribution in [3.05, 3.63) is 99.6 Å². The number of nitrogens with two attached hydrogens (primary N) is 1. The first kappa shape index (κ1) is 58.9. The summed E-state index contributed by atoms with van der Waals surface area (Å²) in [6, 6.07) is 12.7. The standard InChI is InChI=1S/C57H69N10O13PS/c1-64-47-27-33(11-20-44(47)67(57(64)77)46-22-24-49(69)63-53(46)73)6-5-32-7-12-35(13-8-32)54(74)65-26-25-38-15-21-45(52(72)61-41(19-23-48(58)68)50(70)59-30-34-9-16-39(17-10-34)82(4,79)80)66(38)55(75)43(31-65)62-51(71)42-29-37-28-36(14-18-40(37)60-42)56(76)81(2,3)78/h9-11,14,16-18,20,27-29,32,35,38,41,43,45-46,60H,5-8,12-13,15,19,21-26,30-31H2,1-4H3,(H2,58,68)(H,59,70)(H,61,72)(H,62,71)(H,63,69,73)/t32?,35?,38-,41+,43+,45+,46?/m1/s1. The van der Waals surface area contributed by atoms with E-state index < -0.39 is 88.2 Å². The van der Waals surface area contributed by atoms with Crippen LogP contribution in [-0.2, 0) is 68.0 Å². The number of aromatic nitrogens is 3. The van der Waals surface area contributed by atoms with Crippen molar-refractivity contribution in [2.75, 3.05) is 32.7 Å². The van der Waals surface area contributed by atoms with Crippen molar-refractivity contribution in [2.45, 2.75) is 125 Å². The van der Waals surface area contributed by atoms with Gasteiger partial charge in [-0.2, -0.15) is 0 Å². The number of primary amides is 1. The smallest absolute Gasteiger partial charge is 0.329 e. The van der Waals surface area contributed by atoms with Crippen LogP contribution >= 0.6 is 7.14 Å². The van der Waals surface area contributed by atoms with Crippen LogP contribution < -0.4 is 32.7 Å². The van der Waals surface area contributed by atoms with E-state index in [2.05, 4.69) is 26.3 Å². The van der Waals surface area contributed by atoms with Crippen LogP contribution in [-0.4, -0.2) is 142 Å². The number of hydrogen-bond acceptors (Lipinski definition) is 13. The Morgan fingerprint density at radius 1 is 0.841 bits per heavy atom. The van der Waals surface area contributed by atoms with Crippen molar-refractivity contribution in [2.24, 2.45) is 24.6 Å². The number of carbonyl (C=O) groups is 9. The molecule has 82 heavy (non-hydrogen) atoms. The van der Waals surface area contributed by atoms with E-state index in [1.807, 2.05) is 18.2 Å². The maximum Gasteiger partial charge on any atom is 0.329 e. The van der Waals surface area contributed by atoms with Gasteiger partial charge in [0.05, 0.1) is 15.9 Å². The predicted octanol–water partition coefficient (Wildman–Crippen LogP) is 3.16. The Bertz CT molecular complexity index is 3630. The summed E-state index contributed by atoms with van der Waals surface area (Å²) in [6.07, 6.45) is 6.16. The predicted molar refractivity (Wildman–Crippen MR) is 302 cm³/mol. The van der Waals surface area contributed by atoms with Crippen LogP contribution in [0.15, 0.2) is 76.4 Å². The van der Waals surface area contributed by atoms with Crippen LogP contribution in [0, 0.1) is 11.8 Å². The average molecular weight is 1170 g/mol. The van der Waals surface area contributed by atoms with Gasteiger partial charge in [-0.3, -0.25) is 57.6 Å². The normalized spacial score (nSPS) is 22.0. The molecule has 3 saturated heterocycles. The fourth-order valence-corrected chi connectivity index (χ4v) is 13.4. The molecule has 25 heteroatoms. The number of nitrogens with one attached hydrogen (secondary N) is 5. The lowest BCUT2D eigenvalue weighted by Gasteiger charge is -2.40. The van der Waals surface area contributed by atoms with Gasteiger partial charge in [0.2, 0.25) is 46.9 Å². The summed E-state index contributed by atoms with van der Waals surface area (Å²) in [7, 11) is -4.94. The molecule has 2 aromatic heterocycles. The maximum absolute atomic E-state index is 15.1. The van der Waals surface area contributed by atoms with Crippen molar-refractivity contribution in [1.29, 1.82) is 0 Å². The third-order valence-corrected chi connectivity index (χ3v) is 18.9. The average Bonchev–Trinajstić information content (AvgIpc) is 4.36. The summed E-state index contributed by atoms with van der Waals surface area (Å²) < 4.78 is 39.6. The van der Waals surface area contributed by atoms with Gasteiger partial charge in [-0.25, -0.2) is 13.2 Å². The largest absolute Gasteiger partial charge is 0.370 e. The summed E-state index contributed by atoms with van der Waals surface area (Å²) in [5.41, 5.74) is 8.20. The third-order valence-electron chi connectivity index (χ3n) is 16.6. The zero-order valence-electron chi connectivity index (χ0n) is 46.2. The fraction of sp³-hybridized carbons (Fsp3) is 0.474. The topological polar surface area (TPSA) is 328 Å². The number of imide groups is 1. The number of amides is 8. The van der Waals surface area contributed by atoms with Gasteiger partial charge in [0.25, 0.3) is 5.91 Å². The molecular formula is C57H69N10O13PS. The second kappa shape index (κ2) is 24.0. The molecule has 436 valence electrons. The minimum atomic E-state index is -3.46. The van der Waals surface area contributed by atoms with Crippen molar-refractivity contribution in [3.63, 3.8) is 0 Å². The molecular weight excluding hydrogens is 1100 g/mol. The molecule has 3 aliphatic heterocycles. The number of H-pyrrole nitrogens is 1. The highest BCUT2D eigenvalue weighted by molar-refractivity contribution is 7.90. The summed E-state index contributed by atoms with van der Waals surface area (Å²) >= 11 is 0. The summed E-state index contributed by atoms with van der Waals surface area (Å²) in [6.45, 7) is 2.71. The first-order valence-corrected chi connectivity index (χ1v) is 32.2. The van der Waals surface area contributed by atoms with Gasteiger partial charge in [0, 0.05) is 74.2 Å². The summed E-state index contributed by atoms with van der Waals surface area (Å²) in [4.78, 5) is 141. The Balaban J connectivity index is 0.891. The number of benzene rings is 3. The number of nitrogens with zero attached hydrogens (tertiary/aromatic N) is 4. The van der Waals surface area contributed by atoms with Gasteiger partial charge in [-0.1, -0.05) is 18.2 Å². The van der Waals surface area contributed by atoms with Crippen LogP contribution in [0.4, 0.5) is 0 Å². The molecule has 0 radical (unpaired) electrons. The van der Waals surface area contributed by atoms with Gasteiger partial charge >= 0.3 is 5.69 Å². The van der Waals surface area contributed by atoms with E-state index in [-0.39, 0.29) is 91.3 Å². The molecule has 5 aromatic rings. The Labute approximate surface area is 473 Å². The first-order valence-electron chi connectivity index (χ1n) is 27.7. The number of aromatic amines is 1. The molecule has 1 saturated carbocycles. The maximum atomic E-state index is 15.1. The number of aryl methyl sites for hydroxylation is 2. The molecule has 4 fully saturated rings. The van der Waals surface area contributed by atoms with Gasteiger partial charge in [-0.05, 0) is 150 Å². The Hall–Kier alpha value is -7.72. The first-order chi connectivity index (χ1) is 38.8. The van der Waals surface area contributed by atoms with Crippen LogP contribution in [0.2, 0.25) is 0 Å². The minimum absolute atomic E-state index is 0.0366. The second-order valence-electron chi connectivity index (χ2n) is 22.7. The van der Waals surface area contributed by atoms with E-state index in [0.717, 1.165) is 31.1 Å². The molecule has 4 aliphatic rings. The zero-order chi connectivity index (χ0) is 58.9. The lowest BCUT2D eigenvalue weighted by molar-refractivity contribution is -0.147. The Morgan fingerprint density at radius 2 is 1.56 bits per heavy atom. The number of imidazole rings is 1. The number of sulfone groups is 1. The molecule has 1 unspecified atom stereocenters. The van der Waals surface area contributed by atoms with E-state index in [1.54, 1.807) is 18.0 Å². The molecule has 0 spiro atoms. The van der Waals surface area contributed by atoms with Gasteiger partial charge < -0.3 is 41.0 Å². The quantitative estimate of drug-likeness (QED) is 0.0543. The van der Waals surface area contributed by atoms with Crippen molar-refractivity contribution in [1.82, 2.24) is 45.2 Å². The number of rotatable bonds is 18. The fourth-order valence-electron chi connectivity index (χ4n) is 12.0. The van der Waals surface area contributed by atoms with E-state index in [1.165, 1.54) is 69.8 Å². The van der Waals surface area contributed by atoms with E-state index in [9.17, 15) is 56.1 Å². The van der Waals surface area contributed by atoms with Gasteiger partial charge in [0.1, 0.15) is 37.0 Å². The van der Waals surface area contributed by atoms with Crippen molar-refractivity contribution >= 4 is 91.7 Å². The molecule has 23 nitrogen and oxygen atoms in total. The van der Waals surface area contributed by atoms with Crippen LogP contribution in [0.5, 0.6) is 0 Å². The molecule has 3 aromatic carbocycles. The van der Waals surface area contributed by atoms with Gasteiger partial charge in [0.15, 0.2) is 9.84 Å². The van der Waals surface area contributed by atoms with Crippen molar-refractivity contribution < 1.29 is 56.1 Å². The van der Waals surface area contributed by atoms with Crippen LogP contribution in [0.25, 0.3) is 21.9 Å². The number of carbonyl (C=O) groups excluding carboxylic acids is 9. The Morgan fingerprint density at radius 3 is 2.24 bits per heavy atom. The molecule has 1 aliphatic carbocycles. The third kappa shape index (κ3) is 13.0. The van der Waals surface area contributed by atoms with E-state index in [0.29, 0.717) is 65.5 Å². The monoisotopic (exact) mass is 1160 g/mol. The highest BCUT2D eigenvalue weighted by Crippen LogP contribution is 2.41. The van der Waals surface area contributed by atoms with E-state index in [4.69, 9.17) is 5.73 Å². The molecule has 0 bridgehead atoms. The summed E-state index contributed by atoms with van der Waals surface area (Å²) in [5, 5.41) is 11.1. The highest BCUT2D eigenvalue weighted by atomic mass is 32.2. The molecule has 5 atom stereocenters. The molecule has 5 heterocycles. The number of hydrogen-bond donors (Lipinski definition) is 6. The zero-order valence-corrected chi connectivity index (χ0v) is 47.9. The number of piperidine rings is 1. The number of fused-ring (bicyclic) bond motifs is 3. The van der Waals surface area contributed by atoms with Crippen molar-refractivity contribution in [3.8, 4) is 0 Å². The Kier molecular flexibility index (Phi) is 17.3. The molecule has 8 amide bonds.